The zero-order valence-electron chi connectivity index (χ0n) is 12.8. The number of nitrogens with one attached hydrogen (secondary N) is 1. The highest BCUT2D eigenvalue weighted by atomic mass is 35.5. The number of benzene rings is 2. The van der Waals surface area contributed by atoms with Gasteiger partial charge in [-0.25, -0.2) is 0 Å². The van der Waals surface area contributed by atoms with Crippen LogP contribution < -0.4 is 5.32 Å². The minimum Gasteiger partial charge on any atom is -0.459 e. The molecule has 2 aromatic carbocycles. The largest absolute Gasteiger partial charge is 0.459 e. The molecule has 0 unspecified atom stereocenters. The van der Waals surface area contributed by atoms with Crippen molar-refractivity contribution in [1.29, 1.82) is 0 Å². The van der Waals surface area contributed by atoms with E-state index in [1.165, 1.54) is 6.26 Å². The number of hydrogen-bond acceptors (Lipinski definition) is 2. The Morgan fingerprint density at radius 2 is 1.71 bits per heavy atom. The van der Waals surface area contributed by atoms with Gasteiger partial charge in [0, 0.05) is 22.2 Å². The van der Waals surface area contributed by atoms with Crippen LogP contribution in [-0.2, 0) is 6.42 Å². The lowest BCUT2D eigenvalue weighted by molar-refractivity contribution is 0.0927. The van der Waals surface area contributed by atoms with E-state index in [0.29, 0.717) is 28.8 Å². The SMILES string of the molecule is O=C(NCCc1cc(Cl)cc(Cl)c1)c1occc1-c1ccccc1. The summed E-state index contributed by atoms with van der Waals surface area (Å²) in [6.45, 7) is 0.463. The molecule has 0 radical (unpaired) electrons. The Balaban J connectivity index is 1.65. The van der Waals surface area contributed by atoms with E-state index in [4.69, 9.17) is 27.6 Å². The number of furan rings is 1. The van der Waals surface area contributed by atoms with Crippen molar-refractivity contribution < 1.29 is 9.21 Å². The first-order valence-electron chi connectivity index (χ1n) is 7.49. The van der Waals surface area contributed by atoms with E-state index >= 15 is 0 Å². The van der Waals surface area contributed by atoms with E-state index in [1.54, 1.807) is 12.1 Å². The lowest BCUT2D eigenvalue weighted by Crippen LogP contribution is -2.25. The molecule has 1 N–H and O–H groups in total. The average Bonchev–Trinajstić information content (AvgIpc) is 3.04. The molecule has 0 fully saturated rings. The predicted octanol–water partition coefficient (Wildman–Crippen LogP) is 5.23. The van der Waals surface area contributed by atoms with Crippen molar-refractivity contribution in [3.05, 3.63) is 82.2 Å². The van der Waals surface area contributed by atoms with Crippen LogP contribution in [-0.4, -0.2) is 12.5 Å². The fourth-order valence-corrected chi connectivity index (χ4v) is 3.06. The van der Waals surface area contributed by atoms with Crippen LogP contribution in [0.4, 0.5) is 0 Å². The van der Waals surface area contributed by atoms with E-state index < -0.39 is 0 Å². The molecule has 1 heterocycles. The Kier molecular flexibility index (Phi) is 5.24. The molecule has 0 saturated carbocycles. The Hall–Kier alpha value is -2.23. The van der Waals surface area contributed by atoms with Crippen molar-refractivity contribution in [2.24, 2.45) is 0 Å². The maximum atomic E-state index is 12.4. The van der Waals surface area contributed by atoms with Crippen LogP contribution in [0.15, 0.2) is 65.3 Å². The van der Waals surface area contributed by atoms with Gasteiger partial charge in [-0.2, -0.15) is 0 Å². The van der Waals surface area contributed by atoms with E-state index in [9.17, 15) is 4.79 Å². The van der Waals surface area contributed by atoms with Gasteiger partial charge in [-0.1, -0.05) is 53.5 Å². The fraction of sp³-hybridized carbons (Fsp3) is 0.105. The molecule has 3 rings (SSSR count). The van der Waals surface area contributed by atoms with Crippen LogP contribution in [0, 0.1) is 0 Å². The van der Waals surface area contributed by atoms with Crippen molar-refractivity contribution in [2.75, 3.05) is 6.54 Å². The minimum atomic E-state index is -0.244. The van der Waals surface area contributed by atoms with Crippen LogP contribution >= 0.6 is 23.2 Å². The molecule has 0 aliphatic heterocycles. The van der Waals surface area contributed by atoms with Crippen LogP contribution in [0.2, 0.25) is 10.0 Å². The first kappa shape index (κ1) is 16.6. The van der Waals surface area contributed by atoms with Gasteiger partial charge in [0.25, 0.3) is 5.91 Å². The van der Waals surface area contributed by atoms with Gasteiger partial charge in [-0.05, 0) is 41.8 Å². The standard InChI is InChI=1S/C19H15Cl2NO2/c20-15-10-13(11-16(21)12-15)6-8-22-19(23)18-17(7-9-24-18)14-4-2-1-3-5-14/h1-5,7,9-12H,6,8H2,(H,22,23). The van der Waals surface area contributed by atoms with Crippen LogP contribution in [0.25, 0.3) is 11.1 Å². The van der Waals surface area contributed by atoms with Crippen LogP contribution in [0.3, 0.4) is 0 Å². The smallest absolute Gasteiger partial charge is 0.287 e. The van der Waals surface area contributed by atoms with Crippen molar-refractivity contribution in [2.45, 2.75) is 6.42 Å². The van der Waals surface area contributed by atoms with E-state index in [-0.39, 0.29) is 5.91 Å². The van der Waals surface area contributed by atoms with Gasteiger partial charge in [0.15, 0.2) is 5.76 Å². The molecule has 0 spiro atoms. The van der Waals surface area contributed by atoms with Gasteiger partial charge in [-0.3, -0.25) is 4.79 Å². The van der Waals surface area contributed by atoms with Gasteiger partial charge in [0.05, 0.1) is 6.26 Å². The van der Waals surface area contributed by atoms with Gasteiger partial charge in [-0.15, -0.1) is 0 Å². The second kappa shape index (κ2) is 7.56. The van der Waals surface area contributed by atoms with Gasteiger partial charge < -0.3 is 9.73 Å². The highest BCUT2D eigenvalue weighted by Gasteiger charge is 2.16. The lowest BCUT2D eigenvalue weighted by Gasteiger charge is -2.06. The summed E-state index contributed by atoms with van der Waals surface area (Å²) in [5.74, 6) is 0.0669. The van der Waals surface area contributed by atoms with E-state index in [2.05, 4.69) is 5.32 Å². The lowest BCUT2D eigenvalue weighted by atomic mass is 10.1. The number of halogens is 2. The predicted molar refractivity (Wildman–Crippen MR) is 96.6 cm³/mol. The maximum absolute atomic E-state index is 12.4. The Morgan fingerprint density at radius 3 is 2.42 bits per heavy atom. The molecule has 0 bridgehead atoms. The van der Waals surface area contributed by atoms with Crippen LogP contribution in [0.1, 0.15) is 16.1 Å². The molecule has 24 heavy (non-hydrogen) atoms. The zero-order chi connectivity index (χ0) is 16.9. The maximum Gasteiger partial charge on any atom is 0.287 e. The monoisotopic (exact) mass is 359 g/mol. The molecule has 1 aromatic heterocycles. The molecular formula is C19H15Cl2NO2. The number of hydrogen-bond donors (Lipinski definition) is 1. The summed E-state index contributed by atoms with van der Waals surface area (Å²) < 4.78 is 5.37. The summed E-state index contributed by atoms with van der Waals surface area (Å²) in [5, 5.41) is 4.03. The Labute approximate surface area is 150 Å². The Morgan fingerprint density at radius 1 is 1.00 bits per heavy atom. The van der Waals surface area contributed by atoms with Crippen LogP contribution in [0.5, 0.6) is 0 Å². The topological polar surface area (TPSA) is 42.2 Å². The fourth-order valence-electron chi connectivity index (χ4n) is 2.49. The highest BCUT2D eigenvalue weighted by Crippen LogP contribution is 2.24. The van der Waals surface area contributed by atoms with Gasteiger partial charge in [0.1, 0.15) is 0 Å². The molecule has 0 saturated heterocycles. The minimum absolute atomic E-state index is 0.244. The first-order valence-corrected chi connectivity index (χ1v) is 8.25. The highest BCUT2D eigenvalue weighted by molar-refractivity contribution is 6.34. The second-order valence-electron chi connectivity index (χ2n) is 5.31. The quantitative estimate of drug-likeness (QED) is 0.677. The first-order chi connectivity index (χ1) is 11.6. The molecular weight excluding hydrogens is 345 g/mol. The number of carbonyl (C=O) groups is 1. The molecule has 3 aromatic rings. The van der Waals surface area contributed by atoms with Crippen molar-refractivity contribution in [3.8, 4) is 11.1 Å². The number of rotatable bonds is 5. The second-order valence-corrected chi connectivity index (χ2v) is 6.19. The van der Waals surface area contributed by atoms with Crippen molar-refractivity contribution >= 4 is 29.1 Å². The molecule has 1 amide bonds. The zero-order valence-corrected chi connectivity index (χ0v) is 14.3. The van der Waals surface area contributed by atoms with Crippen molar-refractivity contribution in [1.82, 2.24) is 5.32 Å². The normalized spacial score (nSPS) is 10.6. The van der Waals surface area contributed by atoms with E-state index in [0.717, 1.165) is 16.7 Å². The van der Waals surface area contributed by atoms with Gasteiger partial charge in [0.2, 0.25) is 0 Å². The third-order valence-electron chi connectivity index (χ3n) is 3.58. The number of carbonyl (C=O) groups excluding carboxylic acids is 1. The summed E-state index contributed by atoms with van der Waals surface area (Å²) in [5.41, 5.74) is 2.69. The molecule has 0 atom stereocenters. The third-order valence-corrected chi connectivity index (χ3v) is 4.01. The van der Waals surface area contributed by atoms with E-state index in [1.807, 2.05) is 42.5 Å². The number of amides is 1. The average molecular weight is 360 g/mol. The summed E-state index contributed by atoms with van der Waals surface area (Å²) in [6.07, 6.45) is 2.15. The summed E-state index contributed by atoms with van der Waals surface area (Å²) >= 11 is 11.9. The molecule has 3 nitrogen and oxygen atoms in total. The third kappa shape index (κ3) is 3.99. The molecule has 0 aliphatic carbocycles. The Bertz CT molecular complexity index is 823. The molecule has 122 valence electrons. The van der Waals surface area contributed by atoms with Crippen molar-refractivity contribution in [3.63, 3.8) is 0 Å². The summed E-state index contributed by atoms with van der Waals surface area (Å²) in [6, 6.07) is 16.8. The summed E-state index contributed by atoms with van der Waals surface area (Å²) in [4.78, 5) is 12.4. The van der Waals surface area contributed by atoms with Gasteiger partial charge >= 0.3 is 0 Å². The summed E-state index contributed by atoms with van der Waals surface area (Å²) in [7, 11) is 0. The molecule has 0 aliphatic rings. The molecule has 5 heteroatoms.